The van der Waals surface area contributed by atoms with Crippen molar-refractivity contribution in [3.8, 4) is 0 Å². The SMILES string of the molecule is Cc1cc(NC(=O)c2c(C)oc3ncn(C)c(=O)c23)ccn1. The Balaban J connectivity index is 2.10. The summed E-state index contributed by atoms with van der Waals surface area (Å²) in [5.74, 6) is -0.0546. The summed E-state index contributed by atoms with van der Waals surface area (Å²) in [7, 11) is 1.57. The Bertz CT molecular complexity index is 940. The largest absolute Gasteiger partial charge is 0.442 e. The Morgan fingerprint density at radius 1 is 1.32 bits per heavy atom. The number of hydrogen-bond donors (Lipinski definition) is 1. The van der Waals surface area contributed by atoms with E-state index in [0.29, 0.717) is 11.4 Å². The Morgan fingerprint density at radius 2 is 2.09 bits per heavy atom. The first-order valence-corrected chi connectivity index (χ1v) is 6.66. The molecule has 3 aromatic rings. The fourth-order valence-electron chi connectivity index (χ4n) is 2.28. The van der Waals surface area contributed by atoms with Gasteiger partial charge in [-0.15, -0.1) is 0 Å². The molecule has 7 heteroatoms. The Hall–Kier alpha value is -2.96. The molecule has 0 saturated carbocycles. The lowest BCUT2D eigenvalue weighted by molar-refractivity contribution is 0.102. The molecular weight excluding hydrogens is 284 g/mol. The van der Waals surface area contributed by atoms with Gasteiger partial charge >= 0.3 is 0 Å². The van der Waals surface area contributed by atoms with Gasteiger partial charge in [0.25, 0.3) is 11.5 Å². The fourth-order valence-corrected chi connectivity index (χ4v) is 2.28. The van der Waals surface area contributed by atoms with Gasteiger partial charge in [0.05, 0.1) is 5.56 Å². The lowest BCUT2D eigenvalue weighted by Crippen LogP contribution is -2.20. The molecule has 22 heavy (non-hydrogen) atoms. The van der Waals surface area contributed by atoms with E-state index in [0.717, 1.165) is 5.69 Å². The van der Waals surface area contributed by atoms with Crippen LogP contribution in [-0.4, -0.2) is 20.4 Å². The first-order chi connectivity index (χ1) is 10.5. The molecule has 0 unspecified atom stereocenters. The van der Waals surface area contributed by atoms with Crippen LogP contribution in [-0.2, 0) is 7.05 Å². The second-order valence-electron chi connectivity index (χ2n) is 5.01. The van der Waals surface area contributed by atoms with Crippen LogP contribution in [0.4, 0.5) is 5.69 Å². The van der Waals surface area contributed by atoms with Crippen molar-refractivity contribution >= 4 is 22.7 Å². The number of fused-ring (bicyclic) bond motifs is 1. The van der Waals surface area contributed by atoms with Gasteiger partial charge in [-0.25, -0.2) is 4.98 Å². The van der Waals surface area contributed by atoms with Crippen molar-refractivity contribution in [1.29, 1.82) is 0 Å². The van der Waals surface area contributed by atoms with Gasteiger partial charge in [-0.05, 0) is 26.0 Å². The highest BCUT2D eigenvalue weighted by molar-refractivity contribution is 6.12. The fraction of sp³-hybridized carbons (Fsp3) is 0.200. The highest BCUT2D eigenvalue weighted by atomic mass is 16.3. The average molecular weight is 298 g/mol. The number of aryl methyl sites for hydroxylation is 3. The molecule has 0 aliphatic rings. The van der Waals surface area contributed by atoms with Gasteiger partial charge < -0.3 is 14.3 Å². The van der Waals surface area contributed by atoms with E-state index in [1.165, 1.54) is 10.9 Å². The summed E-state index contributed by atoms with van der Waals surface area (Å²) in [6.45, 7) is 3.46. The van der Waals surface area contributed by atoms with Gasteiger partial charge in [0.2, 0.25) is 5.71 Å². The summed E-state index contributed by atoms with van der Waals surface area (Å²) in [6, 6.07) is 3.42. The number of aromatic nitrogens is 3. The zero-order chi connectivity index (χ0) is 15.9. The number of amides is 1. The van der Waals surface area contributed by atoms with E-state index < -0.39 is 5.91 Å². The molecule has 0 bridgehead atoms. The van der Waals surface area contributed by atoms with Crippen molar-refractivity contribution in [2.45, 2.75) is 13.8 Å². The zero-order valence-electron chi connectivity index (χ0n) is 12.4. The number of rotatable bonds is 2. The van der Waals surface area contributed by atoms with E-state index in [9.17, 15) is 9.59 Å². The molecule has 112 valence electrons. The quantitative estimate of drug-likeness (QED) is 0.779. The Morgan fingerprint density at radius 3 is 2.82 bits per heavy atom. The number of carbonyl (C=O) groups excluding carboxylic acids is 1. The van der Waals surface area contributed by atoms with Crippen molar-refractivity contribution in [2.75, 3.05) is 5.32 Å². The monoisotopic (exact) mass is 298 g/mol. The third-order valence-electron chi connectivity index (χ3n) is 3.33. The van der Waals surface area contributed by atoms with Crippen LogP contribution in [0.1, 0.15) is 21.8 Å². The van der Waals surface area contributed by atoms with Crippen LogP contribution in [0.3, 0.4) is 0 Å². The van der Waals surface area contributed by atoms with Crippen molar-refractivity contribution < 1.29 is 9.21 Å². The number of hydrogen-bond acceptors (Lipinski definition) is 5. The minimum Gasteiger partial charge on any atom is -0.442 e. The van der Waals surface area contributed by atoms with Gasteiger partial charge in [-0.2, -0.15) is 0 Å². The minimum absolute atomic E-state index is 0.164. The van der Waals surface area contributed by atoms with Gasteiger partial charge in [0.15, 0.2) is 0 Å². The third-order valence-corrected chi connectivity index (χ3v) is 3.33. The van der Waals surface area contributed by atoms with E-state index >= 15 is 0 Å². The number of anilines is 1. The number of nitrogens with zero attached hydrogens (tertiary/aromatic N) is 3. The second kappa shape index (κ2) is 5.10. The average Bonchev–Trinajstić information content (AvgIpc) is 2.80. The minimum atomic E-state index is -0.410. The Labute approximate surface area is 125 Å². The molecule has 3 heterocycles. The standard InChI is InChI=1S/C15H14N4O3/c1-8-6-10(4-5-16-8)18-13(20)11-9(2)22-14-12(11)15(21)19(3)7-17-14/h4-7H,1-3H3,(H,16,18,20). The molecule has 1 N–H and O–H groups in total. The second-order valence-corrected chi connectivity index (χ2v) is 5.01. The summed E-state index contributed by atoms with van der Waals surface area (Å²) in [5, 5.41) is 2.94. The van der Waals surface area contributed by atoms with E-state index in [2.05, 4.69) is 15.3 Å². The summed E-state index contributed by atoms with van der Waals surface area (Å²) in [4.78, 5) is 32.9. The third kappa shape index (κ3) is 2.26. The molecule has 0 atom stereocenters. The summed E-state index contributed by atoms with van der Waals surface area (Å²) < 4.78 is 6.73. The molecule has 0 radical (unpaired) electrons. The van der Waals surface area contributed by atoms with Crippen molar-refractivity contribution in [3.05, 3.63) is 52.0 Å². The molecule has 0 spiro atoms. The first-order valence-electron chi connectivity index (χ1n) is 6.66. The van der Waals surface area contributed by atoms with Gasteiger partial charge in [-0.3, -0.25) is 14.6 Å². The maximum absolute atomic E-state index is 12.5. The van der Waals surface area contributed by atoms with E-state index in [4.69, 9.17) is 4.42 Å². The maximum Gasteiger partial charge on any atom is 0.265 e. The molecule has 0 saturated heterocycles. The van der Waals surface area contributed by atoms with Crippen LogP contribution in [0.5, 0.6) is 0 Å². The van der Waals surface area contributed by atoms with Crippen LogP contribution < -0.4 is 10.9 Å². The lowest BCUT2D eigenvalue weighted by Gasteiger charge is -2.05. The summed E-state index contributed by atoms with van der Waals surface area (Å²) in [6.07, 6.45) is 2.97. The van der Waals surface area contributed by atoms with E-state index in [1.54, 1.807) is 32.3 Å². The number of carbonyl (C=O) groups is 1. The predicted octanol–water partition coefficient (Wildman–Crippen LogP) is 1.79. The van der Waals surface area contributed by atoms with E-state index in [1.807, 2.05) is 6.92 Å². The van der Waals surface area contributed by atoms with E-state index in [-0.39, 0.29) is 22.2 Å². The predicted molar refractivity (Wildman–Crippen MR) is 80.9 cm³/mol. The highest BCUT2D eigenvalue weighted by Crippen LogP contribution is 2.22. The molecule has 1 amide bonds. The normalized spacial score (nSPS) is 10.9. The molecule has 3 aromatic heterocycles. The molecule has 0 aromatic carbocycles. The van der Waals surface area contributed by atoms with Gasteiger partial charge in [0, 0.05) is 24.6 Å². The number of furan rings is 1. The molecule has 7 nitrogen and oxygen atoms in total. The van der Waals surface area contributed by atoms with Crippen LogP contribution in [0.2, 0.25) is 0 Å². The molecule has 0 aliphatic carbocycles. The van der Waals surface area contributed by atoms with Crippen LogP contribution in [0.25, 0.3) is 11.1 Å². The van der Waals surface area contributed by atoms with Crippen LogP contribution in [0.15, 0.2) is 33.9 Å². The van der Waals surface area contributed by atoms with Gasteiger partial charge in [0.1, 0.15) is 17.5 Å². The molecule has 0 aliphatic heterocycles. The Kier molecular flexibility index (Phi) is 3.25. The van der Waals surface area contributed by atoms with Crippen LogP contribution in [0, 0.1) is 13.8 Å². The van der Waals surface area contributed by atoms with Crippen LogP contribution >= 0.6 is 0 Å². The van der Waals surface area contributed by atoms with Crippen molar-refractivity contribution in [2.24, 2.45) is 7.05 Å². The number of pyridine rings is 1. The van der Waals surface area contributed by atoms with Crippen molar-refractivity contribution in [1.82, 2.24) is 14.5 Å². The number of nitrogens with one attached hydrogen (secondary N) is 1. The molecule has 3 rings (SSSR count). The zero-order valence-corrected chi connectivity index (χ0v) is 12.4. The summed E-state index contributed by atoms with van der Waals surface area (Å²) in [5.41, 5.74) is 1.43. The first kappa shape index (κ1) is 14.0. The lowest BCUT2D eigenvalue weighted by atomic mass is 10.1. The maximum atomic E-state index is 12.5. The molecule has 0 fully saturated rings. The highest BCUT2D eigenvalue weighted by Gasteiger charge is 2.22. The molecular formula is C15H14N4O3. The summed E-state index contributed by atoms with van der Waals surface area (Å²) >= 11 is 0. The van der Waals surface area contributed by atoms with Gasteiger partial charge in [-0.1, -0.05) is 0 Å². The topological polar surface area (TPSA) is 90.0 Å². The van der Waals surface area contributed by atoms with Crippen molar-refractivity contribution in [3.63, 3.8) is 0 Å². The smallest absolute Gasteiger partial charge is 0.265 e.